The molecule has 0 atom stereocenters. The molecule has 182 valence electrons. The van der Waals surface area contributed by atoms with Gasteiger partial charge in [-0.15, -0.1) is 0 Å². The summed E-state index contributed by atoms with van der Waals surface area (Å²) in [4.78, 5) is 41.3. The monoisotopic (exact) mass is 485 g/mol. The van der Waals surface area contributed by atoms with Crippen LogP contribution in [0.3, 0.4) is 0 Å². The normalized spacial score (nSPS) is 12.3. The van der Waals surface area contributed by atoms with Crippen molar-refractivity contribution < 1.29 is 22.8 Å². The largest absolute Gasteiger partial charge is 0.433 e. The second kappa shape index (κ2) is 9.87. The van der Waals surface area contributed by atoms with Gasteiger partial charge in [0.1, 0.15) is 23.5 Å². The van der Waals surface area contributed by atoms with E-state index in [9.17, 15) is 22.8 Å². The van der Waals surface area contributed by atoms with E-state index in [1.165, 1.54) is 31.1 Å². The van der Waals surface area contributed by atoms with E-state index in [1.54, 1.807) is 25.1 Å². The Labute approximate surface area is 198 Å². The average Bonchev–Trinajstić information content (AvgIpc) is 2.79. The molecule has 3 rings (SSSR count). The molecule has 0 saturated carbocycles. The molecule has 2 aromatic heterocycles. The Kier molecular flexibility index (Phi) is 7.13. The molecule has 0 unspecified atom stereocenters. The van der Waals surface area contributed by atoms with Crippen LogP contribution in [0.5, 0.6) is 0 Å². The first kappa shape index (κ1) is 25.3. The number of pyridine rings is 1. The number of amides is 2. The molecule has 35 heavy (non-hydrogen) atoms. The zero-order valence-corrected chi connectivity index (χ0v) is 19.1. The average molecular weight is 485 g/mol. The maximum absolute atomic E-state index is 13.0. The van der Waals surface area contributed by atoms with Gasteiger partial charge in [0.2, 0.25) is 5.91 Å². The molecule has 2 amide bonds. The van der Waals surface area contributed by atoms with Crippen molar-refractivity contribution in [2.75, 3.05) is 18.5 Å². The smallest absolute Gasteiger partial charge is 0.405 e. The maximum atomic E-state index is 13.0. The van der Waals surface area contributed by atoms with Crippen molar-refractivity contribution in [3.63, 3.8) is 0 Å². The molecule has 0 radical (unpaired) electrons. The van der Waals surface area contributed by atoms with E-state index < -0.39 is 23.7 Å². The van der Waals surface area contributed by atoms with Gasteiger partial charge in [-0.3, -0.25) is 14.6 Å². The van der Waals surface area contributed by atoms with E-state index in [2.05, 4.69) is 19.9 Å². The number of nitrogens with two attached hydrogens (primary N) is 2. The molecule has 3 aromatic rings. The standard InChI is InChI=1S/C23H22F3N7O2/c1-12-8-14(4-5-17(12)33(3)22(35)15(6-7-27)29-11-19(28)34)21-30-10-16-20(32-21)13(2)9-18(31-16)23(24,25)26/h4-10H,11,27H2,1-3H3,(H2,28,34). The molecule has 12 heteroatoms. The summed E-state index contributed by atoms with van der Waals surface area (Å²) in [5.74, 6) is -0.909. The lowest BCUT2D eigenvalue weighted by molar-refractivity contribution is -0.141. The van der Waals surface area contributed by atoms with Crippen LogP contribution >= 0.6 is 0 Å². The number of alkyl halides is 3. The third-order valence-corrected chi connectivity index (χ3v) is 5.03. The first-order valence-corrected chi connectivity index (χ1v) is 10.2. The van der Waals surface area contributed by atoms with Crippen LogP contribution in [0.1, 0.15) is 16.8 Å². The highest BCUT2D eigenvalue weighted by Crippen LogP contribution is 2.31. The van der Waals surface area contributed by atoms with Crippen LogP contribution < -0.4 is 16.4 Å². The summed E-state index contributed by atoms with van der Waals surface area (Å²) >= 11 is 0. The minimum Gasteiger partial charge on any atom is -0.405 e. The Morgan fingerprint density at radius 1 is 1.14 bits per heavy atom. The van der Waals surface area contributed by atoms with Crippen molar-refractivity contribution in [3.05, 3.63) is 59.6 Å². The SMILES string of the molecule is Cc1cc(-c2ncc3nc(C(F)(F)F)cc(C)c3n2)ccc1N(C)C(=O)C(C=CN)=NCC(N)=O. The quantitative estimate of drug-likeness (QED) is 0.515. The van der Waals surface area contributed by atoms with E-state index in [0.29, 0.717) is 33.7 Å². The number of aliphatic imine (C=N–C) groups is 1. The molecule has 0 fully saturated rings. The van der Waals surface area contributed by atoms with Gasteiger partial charge in [-0.25, -0.2) is 15.0 Å². The van der Waals surface area contributed by atoms with Crippen molar-refractivity contribution >= 4 is 34.2 Å². The highest BCUT2D eigenvalue weighted by atomic mass is 19.4. The molecule has 0 saturated heterocycles. The molecule has 0 bridgehead atoms. The van der Waals surface area contributed by atoms with E-state index >= 15 is 0 Å². The molecule has 0 aliphatic carbocycles. The third-order valence-electron chi connectivity index (χ3n) is 5.03. The fourth-order valence-corrected chi connectivity index (χ4v) is 3.37. The predicted octanol–water partition coefficient (Wildman–Crippen LogP) is 2.69. The van der Waals surface area contributed by atoms with E-state index in [1.807, 2.05) is 0 Å². The minimum atomic E-state index is -4.57. The Hall–Kier alpha value is -4.35. The number of hydrogen-bond donors (Lipinski definition) is 2. The summed E-state index contributed by atoms with van der Waals surface area (Å²) in [5, 5.41) is 0. The highest BCUT2D eigenvalue weighted by molar-refractivity contribution is 6.47. The fourth-order valence-electron chi connectivity index (χ4n) is 3.37. The number of aromatic nitrogens is 3. The van der Waals surface area contributed by atoms with Gasteiger partial charge in [-0.05, 0) is 61.5 Å². The van der Waals surface area contributed by atoms with Crippen LogP contribution in [0.2, 0.25) is 0 Å². The van der Waals surface area contributed by atoms with Crippen LogP contribution in [0.25, 0.3) is 22.4 Å². The summed E-state index contributed by atoms with van der Waals surface area (Å²) in [7, 11) is 1.54. The topological polar surface area (TPSA) is 140 Å². The summed E-state index contributed by atoms with van der Waals surface area (Å²) in [6, 6.07) is 6.04. The zero-order valence-electron chi connectivity index (χ0n) is 19.1. The molecule has 0 spiro atoms. The van der Waals surface area contributed by atoms with E-state index in [4.69, 9.17) is 11.5 Å². The van der Waals surface area contributed by atoms with Crippen molar-refractivity contribution in [1.29, 1.82) is 0 Å². The molecular weight excluding hydrogens is 463 g/mol. The molecular formula is C23H22F3N7O2. The minimum absolute atomic E-state index is 0.0375. The van der Waals surface area contributed by atoms with Gasteiger partial charge in [0.15, 0.2) is 5.82 Å². The van der Waals surface area contributed by atoms with Gasteiger partial charge in [0, 0.05) is 18.3 Å². The third kappa shape index (κ3) is 5.60. The van der Waals surface area contributed by atoms with Crippen LogP contribution in [0.15, 0.2) is 47.7 Å². The summed E-state index contributed by atoms with van der Waals surface area (Å²) in [5.41, 5.74) is 11.9. The predicted molar refractivity (Wildman–Crippen MR) is 125 cm³/mol. The lowest BCUT2D eigenvalue weighted by Gasteiger charge is -2.20. The summed E-state index contributed by atoms with van der Waals surface area (Å²) in [6.45, 7) is 2.93. The molecule has 0 aliphatic rings. The fraction of sp³-hybridized carbons (Fsp3) is 0.217. The molecule has 9 nitrogen and oxygen atoms in total. The first-order valence-electron chi connectivity index (χ1n) is 10.2. The molecule has 4 N–H and O–H groups in total. The van der Waals surface area contributed by atoms with Gasteiger partial charge >= 0.3 is 6.18 Å². The number of hydrogen-bond acceptors (Lipinski definition) is 7. The van der Waals surface area contributed by atoms with Gasteiger partial charge < -0.3 is 16.4 Å². The Balaban J connectivity index is 1.95. The van der Waals surface area contributed by atoms with Crippen LogP contribution in [-0.2, 0) is 15.8 Å². The maximum Gasteiger partial charge on any atom is 0.433 e. The number of carbonyl (C=O) groups is 2. The Bertz CT molecular complexity index is 1370. The second-order valence-corrected chi connectivity index (χ2v) is 7.64. The van der Waals surface area contributed by atoms with Crippen molar-refractivity contribution in [1.82, 2.24) is 15.0 Å². The molecule has 2 heterocycles. The Morgan fingerprint density at radius 3 is 2.46 bits per heavy atom. The summed E-state index contributed by atoms with van der Waals surface area (Å²) in [6.07, 6.45) is -0.917. The lowest BCUT2D eigenvalue weighted by atomic mass is 10.1. The molecule has 0 aliphatic heterocycles. The first-order chi connectivity index (χ1) is 16.4. The second-order valence-electron chi connectivity index (χ2n) is 7.64. The highest BCUT2D eigenvalue weighted by Gasteiger charge is 2.33. The number of anilines is 1. The van der Waals surface area contributed by atoms with Gasteiger partial charge in [0.25, 0.3) is 5.91 Å². The van der Waals surface area contributed by atoms with Crippen molar-refractivity contribution in [2.45, 2.75) is 20.0 Å². The number of rotatable bonds is 6. The van der Waals surface area contributed by atoms with Gasteiger partial charge in [0.05, 0.1) is 11.7 Å². The van der Waals surface area contributed by atoms with E-state index in [0.717, 1.165) is 12.3 Å². The number of carbonyl (C=O) groups excluding carboxylic acids is 2. The van der Waals surface area contributed by atoms with Crippen LogP contribution in [0.4, 0.5) is 18.9 Å². The van der Waals surface area contributed by atoms with Crippen LogP contribution in [-0.4, -0.2) is 46.1 Å². The number of fused-ring (bicyclic) bond motifs is 1. The number of nitrogens with zero attached hydrogens (tertiary/aromatic N) is 5. The van der Waals surface area contributed by atoms with E-state index in [-0.39, 0.29) is 17.8 Å². The number of primary amides is 1. The number of halogens is 3. The van der Waals surface area contributed by atoms with Crippen LogP contribution in [0, 0.1) is 13.8 Å². The van der Waals surface area contributed by atoms with Gasteiger partial charge in [-0.2, -0.15) is 13.2 Å². The molecule has 1 aromatic carbocycles. The van der Waals surface area contributed by atoms with Crippen molar-refractivity contribution in [3.8, 4) is 11.4 Å². The number of benzene rings is 1. The zero-order chi connectivity index (χ0) is 25.9. The lowest BCUT2D eigenvalue weighted by Crippen LogP contribution is -2.33. The number of aryl methyl sites for hydroxylation is 2. The Morgan fingerprint density at radius 2 is 1.86 bits per heavy atom. The summed E-state index contributed by atoms with van der Waals surface area (Å²) < 4.78 is 39.1. The van der Waals surface area contributed by atoms with Crippen molar-refractivity contribution in [2.24, 2.45) is 16.5 Å². The van der Waals surface area contributed by atoms with Gasteiger partial charge in [-0.1, -0.05) is 0 Å².